The van der Waals surface area contributed by atoms with Crippen LogP contribution in [0, 0.1) is 17.8 Å². The summed E-state index contributed by atoms with van der Waals surface area (Å²) >= 11 is 0. The van der Waals surface area contributed by atoms with Crippen LogP contribution in [-0.4, -0.2) is 29.6 Å². The lowest BCUT2D eigenvalue weighted by Crippen LogP contribution is -2.46. The Hall–Kier alpha value is -1.10. The van der Waals surface area contributed by atoms with Gasteiger partial charge in [0.05, 0.1) is 6.04 Å². The summed E-state index contributed by atoms with van der Waals surface area (Å²) in [5.41, 5.74) is 5.90. The van der Waals surface area contributed by atoms with Gasteiger partial charge in [-0.1, -0.05) is 53.4 Å². The molecule has 5 heteroatoms. The second-order valence-electron chi connectivity index (χ2n) is 6.60. The Bertz CT molecular complexity index is 334. The maximum atomic E-state index is 12.0. The standard InChI is InChI=1S/C17H34N2O3/c1-5-7-8-12(3)9-14(10-15(20)21)11-19-17(22)16(18)13(4)6-2/h12-14,16H,5-11,18H2,1-4H3,(H,19,22)(H,20,21)/t12-,13?,14+,16+/m1/s1. The van der Waals surface area contributed by atoms with E-state index in [-0.39, 0.29) is 24.2 Å². The summed E-state index contributed by atoms with van der Waals surface area (Å²) in [5.74, 6) is -0.414. The highest BCUT2D eigenvalue weighted by Gasteiger charge is 2.22. The molecule has 0 aromatic carbocycles. The molecule has 0 spiro atoms. The predicted molar refractivity (Wildman–Crippen MR) is 89.5 cm³/mol. The summed E-state index contributed by atoms with van der Waals surface area (Å²) in [5, 5.41) is 11.9. The SMILES string of the molecule is CCCC[C@@H](C)C[C@H](CNC(=O)[C@@H](N)C(C)CC)CC(=O)O. The van der Waals surface area contributed by atoms with E-state index in [1.54, 1.807) is 0 Å². The van der Waals surface area contributed by atoms with Crippen molar-refractivity contribution in [2.45, 2.75) is 72.3 Å². The van der Waals surface area contributed by atoms with Crippen molar-refractivity contribution in [3.05, 3.63) is 0 Å². The number of carbonyl (C=O) groups is 2. The molecule has 22 heavy (non-hydrogen) atoms. The predicted octanol–water partition coefficient (Wildman–Crippen LogP) is 2.78. The molecule has 0 heterocycles. The molecule has 0 aliphatic rings. The molecular formula is C17H34N2O3. The van der Waals surface area contributed by atoms with Gasteiger partial charge in [-0.05, 0) is 24.2 Å². The number of aliphatic carboxylic acids is 1. The van der Waals surface area contributed by atoms with E-state index < -0.39 is 12.0 Å². The minimum atomic E-state index is -0.812. The van der Waals surface area contributed by atoms with E-state index in [4.69, 9.17) is 10.8 Å². The Morgan fingerprint density at radius 2 is 1.86 bits per heavy atom. The zero-order chi connectivity index (χ0) is 17.1. The van der Waals surface area contributed by atoms with E-state index in [2.05, 4.69) is 19.2 Å². The van der Waals surface area contributed by atoms with Crippen molar-refractivity contribution in [2.75, 3.05) is 6.54 Å². The van der Waals surface area contributed by atoms with Crippen molar-refractivity contribution in [3.63, 3.8) is 0 Å². The fourth-order valence-electron chi connectivity index (χ4n) is 2.60. The van der Waals surface area contributed by atoms with Crippen molar-refractivity contribution in [1.29, 1.82) is 0 Å². The first-order valence-corrected chi connectivity index (χ1v) is 8.56. The fraction of sp³-hybridized carbons (Fsp3) is 0.882. The number of carboxylic acids is 1. The Morgan fingerprint density at radius 1 is 1.23 bits per heavy atom. The van der Waals surface area contributed by atoms with Crippen molar-refractivity contribution in [3.8, 4) is 0 Å². The molecular weight excluding hydrogens is 280 g/mol. The molecule has 0 saturated carbocycles. The van der Waals surface area contributed by atoms with E-state index in [0.717, 1.165) is 32.1 Å². The van der Waals surface area contributed by atoms with Crippen LogP contribution in [0.4, 0.5) is 0 Å². The molecule has 4 N–H and O–H groups in total. The number of rotatable bonds is 12. The summed E-state index contributed by atoms with van der Waals surface area (Å²) < 4.78 is 0. The summed E-state index contributed by atoms with van der Waals surface area (Å²) in [6.45, 7) is 8.65. The molecule has 5 nitrogen and oxygen atoms in total. The number of nitrogens with two attached hydrogens (primary N) is 1. The van der Waals surface area contributed by atoms with E-state index in [0.29, 0.717) is 12.5 Å². The Kier molecular flexibility index (Phi) is 10.9. The van der Waals surface area contributed by atoms with Gasteiger partial charge in [0.15, 0.2) is 0 Å². The first kappa shape index (κ1) is 20.9. The van der Waals surface area contributed by atoms with Gasteiger partial charge in [-0.2, -0.15) is 0 Å². The van der Waals surface area contributed by atoms with Crippen LogP contribution in [0.15, 0.2) is 0 Å². The highest BCUT2D eigenvalue weighted by atomic mass is 16.4. The average molecular weight is 314 g/mol. The lowest BCUT2D eigenvalue weighted by atomic mass is 9.89. The maximum absolute atomic E-state index is 12.0. The van der Waals surface area contributed by atoms with E-state index in [1.165, 1.54) is 0 Å². The van der Waals surface area contributed by atoms with Crippen LogP contribution in [0.3, 0.4) is 0 Å². The van der Waals surface area contributed by atoms with Crippen LogP contribution < -0.4 is 11.1 Å². The van der Waals surface area contributed by atoms with Gasteiger partial charge in [-0.25, -0.2) is 0 Å². The van der Waals surface area contributed by atoms with Crippen LogP contribution in [0.25, 0.3) is 0 Å². The van der Waals surface area contributed by atoms with E-state index in [9.17, 15) is 9.59 Å². The summed E-state index contributed by atoms with van der Waals surface area (Å²) in [4.78, 5) is 23.0. The highest BCUT2D eigenvalue weighted by molar-refractivity contribution is 5.81. The third-order valence-corrected chi connectivity index (χ3v) is 4.37. The first-order valence-electron chi connectivity index (χ1n) is 8.56. The molecule has 0 bridgehead atoms. The smallest absolute Gasteiger partial charge is 0.303 e. The molecule has 0 fully saturated rings. The van der Waals surface area contributed by atoms with Gasteiger partial charge in [-0.15, -0.1) is 0 Å². The lowest BCUT2D eigenvalue weighted by Gasteiger charge is -2.22. The zero-order valence-corrected chi connectivity index (χ0v) is 14.6. The molecule has 0 aromatic heterocycles. The highest BCUT2D eigenvalue weighted by Crippen LogP contribution is 2.20. The van der Waals surface area contributed by atoms with Gasteiger partial charge < -0.3 is 16.2 Å². The minimum Gasteiger partial charge on any atom is -0.481 e. The second-order valence-corrected chi connectivity index (χ2v) is 6.60. The number of carbonyl (C=O) groups excluding carboxylic acids is 1. The molecule has 0 radical (unpaired) electrons. The van der Waals surface area contributed by atoms with Crippen LogP contribution >= 0.6 is 0 Å². The number of amides is 1. The minimum absolute atomic E-state index is 0.0301. The number of hydrogen-bond donors (Lipinski definition) is 3. The molecule has 1 unspecified atom stereocenters. The monoisotopic (exact) mass is 314 g/mol. The van der Waals surface area contributed by atoms with Gasteiger partial charge in [-0.3, -0.25) is 9.59 Å². The van der Waals surface area contributed by atoms with Crippen LogP contribution in [0.2, 0.25) is 0 Å². The Labute approximate surface area is 135 Å². The van der Waals surface area contributed by atoms with Gasteiger partial charge in [0.2, 0.25) is 5.91 Å². The van der Waals surface area contributed by atoms with Crippen LogP contribution in [0.5, 0.6) is 0 Å². The second kappa shape index (κ2) is 11.5. The average Bonchev–Trinajstić information content (AvgIpc) is 2.47. The van der Waals surface area contributed by atoms with Crippen LogP contribution in [0.1, 0.15) is 66.2 Å². The zero-order valence-electron chi connectivity index (χ0n) is 14.6. The quantitative estimate of drug-likeness (QED) is 0.516. The molecule has 1 amide bonds. The van der Waals surface area contributed by atoms with Gasteiger partial charge in [0.25, 0.3) is 0 Å². The molecule has 0 aromatic rings. The third-order valence-electron chi connectivity index (χ3n) is 4.37. The van der Waals surface area contributed by atoms with Crippen molar-refractivity contribution >= 4 is 11.9 Å². The largest absolute Gasteiger partial charge is 0.481 e. The molecule has 0 saturated heterocycles. The van der Waals surface area contributed by atoms with Crippen molar-refractivity contribution < 1.29 is 14.7 Å². The number of nitrogens with one attached hydrogen (secondary N) is 1. The van der Waals surface area contributed by atoms with Gasteiger partial charge in [0.1, 0.15) is 0 Å². The lowest BCUT2D eigenvalue weighted by molar-refractivity contribution is -0.138. The molecule has 130 valence electrons. The number of hydrogen-bond acceptors (Lipinski definition) is 3. The van der Waals surface area contributed by atoms with Gasteiger partial charge >= 0.3 is 5.97 Å². The van der Waals surface area contributed by atoms with E-state index >= 15 is 0 Å². The number of unbranched alkanes of at least 4 members (excludes halogenated alkanes) is 1. The van der Waals surface area contributed by atoms with E-state index in [1.807, 2.05) is 13.8 Å². The summed E-state index contributed by atoms with van der Waals surface area (Å²) in [6, 6.07) is -0.520. The molecule has 0 aliphatic carbocycles. The first-order chi connectivity index (χ1) is 10.3. The maximum Gasteiger partial charge on any atom is 0.303 e. The Morgan fingerprint density at radius 3 is 2.36 bits per heavy atom. The molecule has 0 aliphatic heterocycles. The molecule has 0 rings (SSSR count). The Balaban J connectivity index is 4.40. The summed E-state index contributed by atoms with van der Waals surface area (Å²) in [6.07, 6.45) is 5.18. The van der Waals surface area contributed by atoms with Crippen molar-refractivity contribution in [2.24, 2.45) is 23.5 Å². The van der Waals surface area contributed by atoms with Crippen LogP contribution in [-0.2, 0) is 9.59 Å². The van der Waals surface area contributed by atoms with Crippen molar-refractivity contribution in [1.82, 2.24) is 5.32 Å². The number of carboxylic acid groups (broad SMARTS) is 1. The molecule has 4 atom stereocenters. The fourth-order valence-corrected chi connectivity index (χ4v) is 2.60. The van der Waals surface area contributed by atoms with Gasteiger partial charge in [0, 0.05) is 13.0 Å². The normalized spacial score (nSPS) is 16.6. The summed E-state index contributed by atoms with van der Waals surface area (Å²) in [7, 11) is 0. The topological polar surface area (TPSA) is 92.4 Å². The third kappa shape index (κ3) is 9.03.